The molecule has 108 valence electrons. The number of carboxylic acid groups (broad SMARTS) is 1. The highest BCUT2D eigenvalue weighted by Crippen LogP contribution is 2.23. The minimum atomic E-state index is -0.976. The van der Waals surface area contributed by atoms with Crippen molar-refractivity contribution < 1.29 is 14.7 Å². The fraction of sp³-hybridized carbons (Fsp3) is 0.125. The van der Waals surface area contributed by atoms with Gasteiger partial charge < -0.3 is 15.7 Å². The Morgan fingerprint density at radius 1 is 1.00 bits per heavy atom. The van der Waals surface area contributed by atoms with Crippen LogP contribution >= 0.6 is 0 Å². The summed E-state index contributed by atoms with van der Waals surface area (Å²) in [5.41, 5.74) is 3.08. The lowest BCUT2D eigenvalue weighted by atomic mass is 10.1. The molecule has 0 spiro atoms. The lowest BCUT2D eigenvalue weighted by Gasteiger charge is -2.11. The largest absolute Gasteiger partial charge is 0.478 e. The molecule has 0 aliphatic rings. The van der Waals surface area contributed by atoms with Gasteiger partial charge in [0, 0.05) is 18.3 Å². The smallest absolute Gasteiger partial charge is 0.337 e. The number of carboxylic acids is 1. The molecule has 2 aromatic rings. The van der Waals surface area contributed by atoms with Crippen LogP contribution in [0.25, 0.3) is 0 Å². The van der Waals surface area contributed by atoms with Crippen LogP contribution in [0.15, 0.2) is 42.5 Å². The van der Waals surface area contributed by atoms with Gasteiger partial charge in [0.05, 0.1) is 11.3 Å². The molecule has 0 saturated heterocycles. The van der Waals surface area contributed by atoms with Gasteiger partial charge in [-0.2, -0.15) is 0 Å². The quantitative estimate of drug-likeness (QED) is 0.804. The first kappa shape index (κ1) is 14.6. The summed E-state index contributed by atoms with van der Waals surface area (Å²) in [5, 5.41) is 15.0. The molecule has 0 aliphatic heterocycles. The maximum Gasteiger partial charge on any atom is 0.337 e. The van der Waals surface area contributed by atoms with E-state index >= 15 is 0 Å². The normalized spacial score (nSPS) is 10.0. The molecule has 0 unspecified atom stereocenters. The Bertz CT molecular complexity index is 678. The van der Waals surface area contributed by atoms with Gasteiger partial charge in [-0.25, -0.2) is 4.79 Å². The van der Waals surface area contributed by atoms with E-state index in [1.54, 1.807) is 36.4 Å². The fourth-order valence-electron chi connectivity index (χ4n) is 1.94. The Morgan fingerprint density at radius 3 is 2.19 bits per heavy atom. The summed E-state index contributed by atoms with van der Waals surface area (Å²) in [4.78, 5) is 22.2. The molecule has 0 saturated carbocycles. The Kier molecular flexibility index (Phi) is 4.23. The molecular weight excluding hydrogens is 268 g/mol. The summed E-state index contributed by atoms with van der Waals surface area (Å²) < 4.78 is 0. The van der Waals surface area contributed by atoms with Crippen LogP contribution in [0.2, 0.25) is 0 Å². The molecule has 2 aromatic carbocycles. The van der Waals surface area contributed by atoms with Gasteiger partial charge in [0.25, 0.3) is 0 Å². The van der Waals surface area contributed by atoms with Crippen molar-refractivity contribution in [2.75, 3.05) is 10.6 Å². The molecule has 21 heavy (non-hydrogen) atoms. The van der Waals surface area contributed by atoms with E-state index in [1.165, 1.54) is 6.92 Å². The zero-order chi connectivity index (χ0) is 15.4. The zero-order valence-electron chi connectivity index (χ0n) is 11.8. The monoisotopic (exact) mass is 284 g/mol. The maximum atomic E-state index is 11.3. The second-order valence-electron chi connectivity index (χ2n) is 4.74. The van der Waals surface area contributed by atoms with E-state index in [-0.39, 0.29) is 11.5 Å². The van der Waals surface area contributed by atoms with Gasteiger partial charge in [0.15, 0.2) is 0 Å². The minimum absolute atomic E-state index is 0.137. The van der Waals surface area contributed by atoms with Gasteiger partial charge in [-0.1, -0.05) is 11.6 Å². The van der Waals surface area contributed by atoms with Crippen molar-refractivity contribution in [2.45, 2.75) is 13.8 Å². The van der Waals surface area contributed by atoms with E-state index in [4.69, 9.17) is 0 Å². The standard InChI is InChI=1S/C16H16N2O3/c1-10-3-8-15(14(9-10)16(20)21)18-13-6-4-12(5-7-13)17-11(2)19/h3-9,18H,1-2H3,(H,17,19)(H,20,21). The van der Waals surface area contributed by atoms with E-state index in [2.05, 4.69) is 10.6 Å². The summed E-state index contributed by atoms with van der Waals surface area (Å²) in [6.07, 6.45) is 0. The molecule has 0 aromatic heterocycles. The lowest BCUT2D eigenvalue weighted by Crippen LogP contribution is -2.06. The molecule has 2 rings (SSSR count). The van der Waals surface area contributed by atoms with E-state index in [1.807, 2.05) is 13.0 Å². The molecule has 0 aliphatic carbocycles. The number of carbonyl (C=O) groups excluding carboxylic acids is 1. The van der Waals surface area contributed by atoms with Crippen LogP contribution in [0.1, 0.15) is 22.8 Å². The van der Waals surface area contributed by atoms with Crippen molar-refractivity contribution in [3.8, 4) is 0 Å². The number of amides is 1. The first-order chi connectivity index (χ1) is 9.95. The molecular formula is C16H16N2O3. The lowest BCUT2D eigenvalue weighted by molar-refractivity contribution is -0.114. The molecule has 5 heteroatoms. The molecule has 0 bridgehead atoms. The Balaban J connectivity index is 2.22. The molecule has 0 fully saturated rings. The number of aromatic carboxylic acids is 1. The second kappa shape index (κ2) is 6.09. The molecule has 3 N–H and O–H groups in total. The van der Waals surface area contributed by atoms with Crippen molar-refractivity contribution in [3.05, 3.63) is 53.6 Å². The predicted molar refractivity (Wildman–Crippen MR) is 82.2 cm³/mol. The number of carbonyl (C=O) groups is 2. The zero-order valence-corrected chi connectivity index (χ0v) is 11.8. The van der Waals surface area contributed by atoms with E-state index in [0.29, 0.717) is 11.4 Å². The maximum absolute atomic E-state index is 11.3. The van der Waals surface area contributed by atoms with Crippen molar-refractivity contribution in [1.29, 1.82) is 0 Å². The van der Waals surface area contributed by atoms with Crippen LogP contribution in [0.3, 0.4) is 0 Å². The summed E-state index contributed by atoms with van der Waals surface area (Å²) in [6.45, 7) is 3.29. The molecule has 5 nitrogen and oxygen atoms in total. The van der Waals surface area contributed by atoms with Crippen LogP contribution in [0.4, 0.5) is 17.1 Å². The fourth-order valence-corrected chi connectivity index (χ4v) is 1.94. The number of benzene rings is 2. The molecule has 0 heterocycles. The second-order valence-corrected chi connectivity index (χ2v) is 4.74. The summed E-state index contributed by atoms with van der Waals surface area (Å²) >= 11 is 0. The summed E-state index contributed by atoms with van der Waals surface area (Å²) in [7, 11) is 0. The highest BCUT2D eigenvalue weighted by Gasteiger charge is 2.10. The van der Waals surface area contributed by atoms with E-state index in [0.717, 1.165) is 11.3 Å². The highest BCUT2D eigenvalue weighted by atomic mass is 16.4. The Morgan fingerprint density at radius 2 is 1.62 bits per heavy atom. The van der Waals surface area contributed by atoms with Gasteiger partial charge in [-0.05, 0) is 43.3 Å². The summed E-state index contributed by atoms with van der Waals surface area (Å²) in [5.74, 6) is -1.11. The van der Waals surface area contributed by atoms with Gasteiger partial charge >= 0.3 is 5.97 Å². The Labute approximate surface area is 122 Å². The third-order valence-corrected chi connectivity index (χ3v) is 2.89. The Hall–Kier alpha value is -2.82. The van der Waals surface area contributed by atoms with Crippen molar-refractivity contribution in [3.63, 3.8) is 0 Å². The minimum Gasteiger partial charge on any atom is -0.478 e. The van der Waals surface area contributed by atoms with Gasteiger partial charge in [-0.3, -0.25) is 4.79 Å². The highest BCUT2D eigenvalue weighted by molar-refractivity contribution is 5.95. The number of hydrogen-bond acceptors (Lipinski definition) is 3. The van der Waals surface area contributed by atoms with Crippen molar-refractivity contribution in [2.24, 2.45) is 0 Å². The topological polar surface area (TPSA) is 78.4 Å². The first-order valence-electron chi connectivity index (χ1n) is 6.44. The third kappa shape index (κ3) is 3.82. The van der Waals surface area contributed by atoms with Crippen LogP contribution in [0.5, 0.6) is 0 Å². The molecule has 0 radical (unpaired) electrons. The number of rotatable bonds is 4. The van der Waals surface area contributed by atoms with Gasteiger partial charge in [0.1, 0.15) is 0 Å². The van der Waals surface area contributed by atoms with E-state index in [9.17, 15) is 14.7 Å². The molecule has 1 amide bonds. The van der Waals surface area contributed by atoms with Gasteiger partial charge in [0.2, 0.25) is 5.91 Å². The average molecular weight is 284 g/mol. The first-order valence-corrected chi connectivity index (χ1v) is 6.44. The van der Waals surface area contributed by atoms with Crippen LogP contribution in [0, 0.1) is 6.92 Å². The van der Waals surface area contributed by atoms with Crippen molar-refractivity contribution >= 4 is 28.9 Å². The summed E-state index contributed by atoms with van der Waals surface area (Å²) in [6, 6.07) is 12.3. The van der Waals surface area contributed by atoms with Crippen LogP contribution in [-0.2, 0) is 4.79 Å². The van der Waals surface area contributed by atoms with Gasteiger partial charge in [-0.15, -0.1) is 0 Å². The van der Waals surface area contributed by atoms with Crippen molar-refractivity contribution in [1.82, 2.24) is 0 Å². The molecule has 0 atom stereocenters. The van der Waals surface area contributed by atoms with Crippen LogP contribution < -0.4 is 10.6 Å². The number of anilines is 3. The predicted octanol–water partition coefficient (Wildman–Crippen LogP) is 3.40. The number of aryl methyl sites for hydroxylation is 1. The van der Waals surface area contributed by atoms with Crippen LogP contribution in [-0.4, -0.2) is 17.0 Å². The number of nitrogens with one attached hydrogen (secondary N) is 2. The average Bonchev–Trinajstić information content (AvgIpc) is 2.42. The van der Waals surface area contributed by atoms with E-state index < -0.39 is 5.97 Å². The number of hydrogen-bond donors (Lipinski definition) is 3. The third-order valence-electron chi connectivity index (χ3n) is 2.89. The SMILES string of the molecule is CC(=O)Nc1ccc(Nc2ccc(C)cc2C(=O)O)cc1.